The fourth-order valence-corrected chi connectivity index (χ4v) is 6.12. The van der Waals surface area contributed by atoms with Gasteiger partial charge in [0.15, 0.2) is 0 Å². The van der Waals surface area contributed by atoms with Gasteiger partial charge in [0.05, 0.1) is 25.4 Å². The summed E-state index contributed by atoms with van der Waals surface area (Å²) >= 11 is 0. The molecular formula is C38H37NO10. The normalized spacial score (nSPS) is 20.1. The van der Waals surface area contributed by atoms with E-state index in [1.807, 2.05) is 54.6 Å². The molecule has 254 valence electrons. The highest BCUT2D eigenvalue weighted by atomic mass is 16.7. The van der Waals surface area contributed by atoms with E-state index in [2.05, 4.69) is 5.32 Å². The number of anilines is 1. The number of rotatable bonds is 9. The second-order valence-electron chi connectivity index (χ2n) is 12.1. The summed E-state index contributed by atoms with van der Waals surface area (Å²) in [6.07, 6.45) is -4.80. The number of carbonyl (C=O) groups excluding carboxylic acids is 1. The SMILES string of the molecule is COc1cccc(-c2cc(C(=O)Nc3cc4ccc(O[C@@H]5OC(C)(C)[C@H](OC)[C@@H](O)[C@H]5O)c(-c5ccccc5)c4oc3=O)ccc2OC)c1. The Hall–Kier alpha value is -5.20. The number of ether oxygens (including phenoxy) is 5. The van der Waals surface area contributed by atoms with Crippen LogP contribution in [0.25, 0.3) is 33.2 Å². The van der Waals surface area contributed by atoms with E-state index < -0.39 is 41.7 Å². The van der Waals surface area contributed by atoms with Crippen LogP contribution in [0.15, 0.2) is 100 Å². The van der Waals surface area contributed by atoms with Crippen molar-refractivity contribution in [1.82, 2.24) is 0 Å². The Labute approximate surface area is 282 Å². The predicted molar refractivity (Wildman–Crippen MR) is 183 cm³/mol. The summed E-state index contributed by atoms with van der Waals surface area (Å²) in [6.45, 7) is 3.46. The van der Waals surface area contributed by atoms with Gasteiger partial charge in [-0.05, 0) is 73.5 Å². The van der Waals surface area contributed by atoms with E-state index in [9.17, 15) is 19.8 Å². The minimum Gasteiger partial charge on any atom is -0.497 e. The predicted octanol–water partition coefficient (Wildman–Crippen LogP) is 5.65. The van der Waals surface area contributed by atoms with Gasteiger partial charge < -0.3 is 43.6 Å². The molecule has 0 bridgehead atoms. The second-order valence-corrected chi connectivity index (χ2v) is 12.1. The van der Waals surface area contributed by atoms with Crippen LogP contribution in [0.2, 0.25) is 0 Å². The fourth-order valence-electron chi connectivity index (χ4n) is 6.12. The molecule has 1 aromatic heterocycles. The first kappa shape index (κ1) is 33.7. The van der Waals surface area contributed by atoms with Crippen LogP contribution >= 0.6 is 0 Å². The third kappa shape index (κ3) is 6.61. The Balaban J connectivity index is 1.35. The van der Waals surface area contributed by atoms with Gasteiger partial charge >= 0.3 is 5.63 Å². The molecule has 11 heteroatoms. The van der Waals surface area contributed by atoms with Gasteiger partial charge in [-0.3, -0.25) is 4.79 Å². The molecule has 3 N–H and O–H groups in total. The Kier molecular flexibility index (Phi) is 9.44. The minimum atomic E-state index is -1.44. The average molecular weight is 668 g/mol. The van der Waals surface area contributed by atoms with Crippen LogP contribution in [0.4, 0.5) is 5.69 Å². The summed E-state index contributed by atoms with van der Waals surface area (Å²) in [7, 11) is 4.55. The van der Waals surface area contributed by atoms with Gasteiger partial charge in [0.2, 0.25) is 6.29 Å². The van der Waals surface area contributed by atoms with Crippen molar-refractivity contribution in [3.8, 4) is 39.5 Å². The zero-order chi connectivity index (χ0) is 34.9. The molecule has 0 aliphatic carbocycles. The highest BCUT2D eigenvalue weighted by Gasteiger charge is 2.50. The first-order valence-electron chi connectivity index (χ1n) is 15.6. The van der Waals surface area contributed by atoms with Crippen LogP contribution in [0.3, 0.4) is 0 Å². The second kappa shape index (κ2) is 13.7. The maximum absolute atomic E-state index is 13.5. The lowest BCUT2D eigenvalue weighted by Crippen LogP contribution is -2.63. The molecule has 0 radical (unpaired) electrons. The number of hydrogen-bond donors (Lipinski definition) is 3. The Bertz CT molecular complexity index is 2040. The van der Waals surface area contributed by atoms with Crippen LogP contribution in [0, 0.1) is 0 Å². The molecule has 5 aromatic rings. The zero-order valence-electron chi connectivity index (χ0n) is 27.6. The molecule has 4 aromatic carbocycles. The zero-order valence-corrected chi connectivity index (χ0v) is 27.6. The Morgan fingerprint density at radius 2 is 1.55 bits per heavy atom. The van der Waals surface area contributed by atoms with Crippen LogP contribution < -0.4 is 25.2 Å². The van der Waals surface area contributed by atoms with E-state index in [1.54, 1.807) is 58.4 Å². The average Bonchev–Trinajstić information content (AvgIpc) is 3.11. The van der Waals surface area contributed by atoms with Gasteiger partial charge in [0, 0.05) is 23.6 Å². The quantitative estimate of drug-likeness (QED) is 0.169. The van der Waals surface area contributed by atoms with Crippen molar-refractivity contribution < 1.29 is 43.1 Å². The number of carbonyl (C=O) groups is 1. The van der Waals surface area contributed by atoms with Gasteiger partial charge in [0.25, 0.3) is 5.91 Å². The van der Waals surface area contributed by atoms with Crippen LogP contribution in [-0.4, -0.2) is 67.7 Å². The molecule has 49 heavy (non-hydrogen) atoms. The number of benzene rings is 4. The summed E-state index contributed by atoms with van der Waals surface area (Å²) in [5.41, 5.74) is 1.16. The largest absolute Gasteiger partial charge is 0.497 e. The third-order valence-corrected chi connectivity index (χ3v) is 8.56. The number of nitrogens with one attached hydrogen (secondary N) is 1. The lowest BCUT2D eigenvalue weighted by atomic mass is 9.89. The van der Waals surface area contributed by atoms with Gasteiger partial charge in [-0.25, -0.2) is 4.79 Å². The highest BCUT2D eigenvalue weighted by molar-refractivity contribution is 6.06. The Morgan fingerprint density at radius 3 is 2.27 bits per heavy atom. The monoisotopic (exact) mass is 667 g/mol. The Morgan fingerprint density at radius 1 is 0.816 bits per heavy atom. The number of aliphatic hydroxyl groups excluding tert-OH is 2. The minimum absolute atomic E-state index is 0.0644. The molecule has 1 fully saturated rings. The molecule has 1 amide bonds. The number of aliphatic hydroxyl groups is 2. The summed E-state index contributed by atoms with van der Waals surface area (Å²) in [5.74, 6) is 0.921. The first-order chi connectivity index (χ1) is 23.5. The molecule has 0 spiro atoms. The molecule has 11 nitrogen and oxygen atoms in total. The molecule has 0 unspecified atom stereocenters. The topological polar surface area (TPSA) is 146 Å². The molecule has 6 rings (SSSR count). The summed E-state index contributed by atoms with van der Waals surface area (Å²) in [6, 6.07) is 26.3. The van der Waals surface area contributed by atoms with Gasteiger partial charge in [-0.2, -0.15) is 0 Å². The van der Waals surface area contributed by atoms with E-state index in [4.69, 9.17) is 28.1 Å². The molecule has 2 heterocycles. The lowest BCUT2D eigenvalue weighted by Gasteiger charge is -2.46. The molecule has 1 saturated heterocycles. The van der Waals surface area contributed by atoms with Gasteiger partial charge in [0.1, 0.15) is 46.8 Å². The number of methoxy groups -OCH3 is 3. The van der Waals surface area contributed by atoms with Crippen molar-refractivity contribution in [1.29, 1.82) is 0 Å². The first-order valence-corrected chi connectivity index (χ1v) is 15.6. The summed E-state index contributed by atoms with van der Waals surface area (Å²) in [5, 5.41) is 24.9. The molecule has 1 aliphatic rings. The van der Waals surface area contributed by atoms with E-state index >= 15 is 0 Å². The fraction of sp³-hybridized carbons (Fsp3) is 0.263. The molecular weight excluding hydrogens is 630 g/mol. The van der Waals surface area contributed by atoms with Crippen molar-refractivity contribution in [2.45, 2.75) is 44.1 Å². The van der Waals surface area contributed by atoms with Gasteiger partial charge in [-0.15, -0.1) is 0 Å². The van der Waals surface area contributed by atoms with Crippen molar-refractivity contribution in [2.75, 3.05) is 26.6 Å². The maximum Gasteiger partial charge on any atom is 0.360 e. The van der Waals surface area contributed by atoms with Crippen molar-refractivity contribution >= 4 is 22.6 Å². The van der Waals surface area contributed by atoms with E-state index in [0.29, 0.717) is 39.1 Å². The summed E-state index contributed by atoms with van der Waals surface area (Å²) < 4.78 is 34.4. The van der Waals surface area contributed by atoms with E-state index in [-0.39, 0.29) is 17.0 Å². The number of fused-ring (bicyclic) bond motifs is 1. The van der Waals surface area contributed by atoms with Gasteiger partial charge in [-0.1, -0.05) is 42.5 Å². The molecule has 0 saturated carbocycles. The number of hydrogen-bond acceptors (Lipinski definition) is 10. The van der Waals surface area contributed by atoms with Crippen molar-refractivity contribution in [3.63, 3.8) is 0 Å². The van der Waals surface area contributed by atoms with E-state index in [1.165, 1.54) is 13.2 Å². The van der Waals surface area contributed by atoms with Crippen molar-refractivity contribution in [3.05, 3.63) is 107 Å². The lowest BCUT2D eigenvalue weighted by molar-refractivity contribution is -0.305. The van der Waals surface area contributed by atoms with Crippen molar-refractivity contribution in [2.24, 2.45) is 0 Å². The molecule has 1 aliphatic heterocycles. The number of amides is 1. The van der Waals surface area contributed by atoms with Crippen LogP contribution in [-0.2, 0) is 9.47 Å². The standard InChI is InChI=1S/C38H37NO10/c1-38(2)34(46-5)31(40)32(41)37(49-38)47-29-17-14-23-20-27(36(43)48-33(23)30(29)21-10-7-6-8-11-21)39-35(42)24-15-16-28(45-4)26(19-24)22-12-9-13-25(18-22)44-3/h6-20,31-32,34,37,40-41H,1-5H3,(H,39,42)/t31-,32+,34+,37+/m0/s1. The van der Waals surface area contributed by atoms with E-state index in [0.717, 1.165) is 5.56 Å². The highest BCUT2D eigenvalue weighted by Crippen LogP contribution is 2.40. The third-order valence-electron chi connectivity index (χ3n) is 8.56. The molecule has 4 atom stereocenters. The van der Waals surface area contributed by atoms with Crippen LogP contribution in [0.5, 0.6) is 17.2 Å². The maximum atomic E-state index is 13.5. The van der Waals surface area contributed by atoms with Crippen LogP contribution in [0.1, 0.15) is 24.2 Å². The summed E-state index contributed by atoms with van der Waals surface area (Å²) in [4.78, 5) is 26.9. The smallest absolute Gasteiger partial charge is 0.360 e.